The number of fused-ring (bicyclic) bond motifs is 1. The third-order valence-electron chi connectivity index (χ3n) is 4.37. The molecule has 0 spiro atoms. The summed E-state index contributed by atoms with van der Waals surface area (Å²) in [4.78, 5) is 22.2. The van der Waals surface area contributed by atoms with Gasteiger partial charge in [-0.25, -0.2) is 4.98 Å². The van der Waals surface area contributed by atoms with Crippen LogP contribution in [0.15, 0.2) is 76.3 Å². The molecule has 2 aromatic carbocycles. The van der Waals surface area contributed by atoms with E-state index in [2.05, 4.69) is 27.8 Å². The number of para-hydroxylation sites is 1. The molecule has 2 heterocycles. The molecule has 0 radical (unpaired) electrons. The van der Waals surface area contributed by atoms with Gasteiger partial charge in [-0.15, -0.1) is 0 Å². The molecule has 4 rings (SSSR count). The van der Waals surface area contributed by atoms with E-state index in [1.54, 1.807) is 17.0 Å². The number of hydrogen-bond donors (Lipinski definition) is 0. The van der Waals surface area contributed by atoms with Crippen molar-refractivity contribution in [3.63, 3.8) is 0 Å². The number of aromatic nitrogens is 3. The van der Waals surface area contributed by atoms with E-state index in [4.69, 9.17) is 4.98 Å². The molecule has 5 heteroatoms. The Kier molecular flexibility index (Phi) is 4.39. The van der Waals surface area contributed by atoms with Gasteiger partial charge in [-0.2, -0.15) is 0 Å². The highest BCUT2D eigenvalue weighted by molar-refractivity contribution is 9.10. The highest BCUT2D eigenvalue weighted by Crippen LogP contribution is 2.25. The van der Waals surface area contributed by atoms with Gasteiger partial charge in [-0.1, -0.05) is 41.1 Å². The van der Waals surface area contributed by atoms with E-state index in [0.717, 1.165) is 22.1 Å². The van der Waals surface area contributed by atoms with Gasteiger partial charge in [0.15, 0.2) is 0 Å². The summed E-state index contributed by atoms with van der Waals surface area (Å²) in [5.41, 5.74) is 3.35. The summed E-state index contributed by atoms with van der Waals surface area (Å²) in [6, 6.07) is 17.1. The number of aryl methyl sites for hydroxylation is 1. The molecule has 0 N–H and O–H groups in total. The molecule has 0 amide bonds. The van der Waals surface area contributed by atoms with Gasteiger partial charge >= 0.3 is 0 Å². The highest BCUT2D eigenvalue weighted by Gasteiger charge is 2.15. The molecule has 0 atom stereocenters. The van der Waals surface area contributed by atoms with E-state index in [0.29, 0.717) is 16.7 Å². The first kappa shape index (κ1) is 16.7. The zero-order chi connectivity index (χ0) is 18.1. The van der Waals surface area contributed by atoms with Crippen LogP contribution in [0.2, 0.25) is 0 Å². The quantitative estimate of drug-likeness (QED) is 0.492. The number of halogens is 1. The Balaban J connectivity index is 2.08. The van der Waals surface area contributed by atoms with Crippen molar-refractivity contribution in [2.75, 3.05) is 0 Å². The van der Waals surface area contributed by atoms with Gasteiger partial charge in [0, 0.05) is 22.4 Å². The Morgan fingerprint density at radius 1 is 1.08 bits per heavy atom. The maximum atomic E-state index is 13.3. The van der Waals surface area contributed by atoms with E-state index in [9.17, 15) is 4.79 Å². The molecule has 0 saturated carbocycles. The van der Waals surface area contributed by atoms with Crippen molar-refractivity contribution >= 4 is 26.8 Å². The largest absolute Gasteiger partial charge is 0.268 e. The topological polar surface area (TPSA) is 47.8 Å². The van der Waals surface area contributed by atoms with E-state index in [1.807, 2.05) is 54.6 Å². The average Bonchev–Trinajstić information content (AvgIpc) is 2.68. The van der Waals surface area contributed by atoms with Gasteiger partial charge in [0.1, 0.15) is 5.82 Å². The number of nitrogens with zero attached hydrogens (tertiary/aromatic N) is 3. The highest BCUT2D eigenvalue weighted by atomic mass is 79.9. The Labute approximate surface area is 159 Å². The predicted octanol–water partition coefficient (Wildman–Crippen LogP) is 4.77. The summed E-state index contributed by atoms with van der Waals surface area (Å²) in [6.45, 7) is 2.10. The monoisotopic (exact) mass is 405 g/mol. The van der Waals surface area contributed by atoms with Crippen molar-refractivity contribution in [2.45, 2.75) is 13.3 Å². The van der Waals surface area contributed by atoms with Crippen LogP contribution in [0.3, 0.4) is 0 Å². The Morgan fingerprint density at radius 2 is 1.92 bits per heavy atom. The Morgan fingerprint density at radius 3 is 2.65 bits per heavy atom. The molecule has 0 aliphatic heterocycles. The van der Waals surface area contributed by atoms with Gasteiger partial charge in [-0.3, -0.25) is 14.3 Å². The standard InChI is InChI=1S/C21H16BrN3O/c1-2-14-9-10-16(12-18(14)22)25-20(15-6-5-11-23-13-15)24-19-8-4-3-7-17(19)21(25)26/h3-13H,2H2,1H3. The Hall–Kier alpha value is -2.79. The van der Waals surface area contributed by atoms with E-state index >= 15 is 0 Å². The van der Waals surface area contributed by atoms with Gasteiger partial charge in [-0.05, 0) is 48.4 Å². The summed E-state index contributed by atoms with van der Waals surface area (Å²) in [7, 11) is 0. The van der Waals surface area contributed by atoms with Crippen LogP contribution in [0.4, 0.5) is 0 Å². The fourth-order valence-electron chi connectivity index (χ4n) is 3.02. The van der Waals surface area contributed by atoms with Crippen molar-refractivity contribution in [1.29, 1.82) is 0 Å². The Bertz CT molecular complexity index is 1150. The van der Waals surface area contributed by atoms with E-state index < -0.39 is 0 Å². The minimum atomic E-state index is -0.0920. The number of hydrogen-bond acceptors (Lipinski definition) is 3. The summed E-state index contributed by atoms with van der Waals surface area (Å²) in [5, 5.41) is 0.593. The van der Waals surface area contributed by atoms with Crippen molar-refractivity contribution in [1.82, 2.24) is 14.5 Å². The van der Waals surface area contributed by atoms with Crippen LogP contribution in [0.1, 0.15) is 12.5 Å². The average molecular weight is 406 g/mol. The lowest BCUT2D eigenvalue weighted by molar-refractivity contribution is 0.968. The van der Waals surface area contributed by atoms with Gasteiger partial charge in [0.25, 0.3) is 5.56 Å². The first-order chi connectivity index (χ1) is 12.7. The molecular weight excluding hydrogens is 390 g/mol. The molecule has 0 bridgehead atoms. The maximum Gasteiger partial charge on any atom is 0.266 e. The normalized spacial score (nSPS) is 11.0. The minimum absolute atomic E-state index is 0.0920. The second-order valence-electron chi connectivity index (χ2n) is 5.96. The first-order valence-electron chi connectivity index (χ1n) is 8.40. The van der Waals surface area contributed by atoms with Gasteiger partial charge < -0.3 is 0 Å². The maximum absolute atomic E-state index is 13.3. The van der Waals surface area contributed by atoms with Crippen LogP contribution in [0, 0.1) is 0 Å². The molecular formula is C21H16BrN3O. The second-order valence-corrected chi connectivity index (χ2v) is 6.82. The smallest absolute Gasteiger partial charge is 0.266 e. The van der Waals surface area contributed by atoms with Crippen molar-refractivity contribution in [3.8, 4) is 17.1 Å². The molecule has 2 aromatic heterocycles. The lowest BCUT2D eigenvalue weighted by atomic mass is 10.1. The molecule has 0 fully saturated rings. The molecule has 0 aliphatic rings. The first-order valence-corrected chi connectivity index (χ1v) is 9.19. The van der Waals surface area contributed by atoms with Gasteiger partial charge in [0.2, 0.25) is 0 Å². The molecule has 26 heavy (non-hydrogen) atoms. The van der Waals surface area contributed by atoms with Crippen molar-refractivity contribution in [3.05, 3.63) is 87.4 Å². The molecule has 0 saturated heterocycles. The van der Waals surface area contributed by atoms with Gasteiger partial charge in [0.05, 0.1) is 16.6 Å². The van der Waals surface area contributed by atoms with Crippen LogP contribution in [0.25, 0.3) is 28.0 Å². The second kappa shape index (κ2) is 6.84. The summed E-state index contributed by atoms with van der Waals surface area (Å²) >= 11 is 3.61. The lowest BCUT2D eigenvalue weighted by Crippen LogP contribution is -2.22. The molecule has 0 aliphatic carbocycles. The fourth-order valence-corrected chi connectivity index (χ4v) is 3.67. The van der Waals surface area contributed by atoms with Crippen LogP contribution in [0.5, 0.6) is 0 Å². The third kappa shape index (κ3) is 2.84. The zero-order valence-corrected chi connectivity index (χ0v) is 15.8. The van der Waals surface area contributed by atoms with Crippen LogP contribution >= 0.6 is 15.9 Å². The van der Waals surface area contributed by atoms with E-state index in [-0.39, 0.29) is 5.56 Å². The minimum Gasteiger partial charge on any atom is -0.268 e. The summed E-state index contributed by atoms with van der Waals surface area (Å²) in [5.74, 6) is 0.581. The molecule has 4 nitrogen and oxygen atoms in total. The summed E-state index contributed by atoms with van der Waals surface area (Å²) in [6.07, 6.45) is 4.35. The molecule has 0 unspecified atom stereocenters. The third-order valence-corrected chi connectivity index (χ3v) is 5.11. The van der Waals surface area contributed by atoms with Crippen molar-refractivity contribution < 1.29 is 0 Å². The fraction of sp³-hybridized carbons (Fsp3) is 0.0952. The van der Waals surface area contributed by atoms with Crippen molar-refractivity contribution in [2.24, 2.45) is 0 Å². The van der Waals surface area contributed by atoms with Crippen LogP contribution in [-0.2, 0) is 6.42 Å². The molecule has 4 aromatic rings. The number of pyridine rings is 1. The molecule has 128 valence electrons. The lowest BCUT2D eigenvalue weighted by Gasteiger charge is -2.15. The zero-order valence-electron chi connectivity index (χ0n) is 14.2. The SMILES string of the molecule is CCc1ccc(-n2c(-c3cccnc3)nc3ccccc3c2=O)cc1Br. The summed E-state index contributed by atoms with van der Waals surface area (Å²) < 4.78 is 2.64. The number of rotatable bonds is 3. The van der Waals surface area contributed by atoms with Crippen LogP contribution in [-0.4, -0.2) is 14.5 Å². The number of benzene rings is 2. The predicted molar refractivity (Wildman–Crippen MR) is 108 cm³/mol. The van der Waals surface area contributed by atoms with Crippen LogP contribution < -0.4 is 5.56 Å². The van der Waals surface area contributed by atoms with E-state index in [1.165, 1.54) is 5.56 Å².